The molecule has 1 heterocycles. The van der Waals surface area contributed by atoms with E-state index in [1.165, 1.54) is 19.1 Å². The van der Waals surface area contributed by atoms with Gasteiger partial charge in [0.25, 0.3) is 0 Å². The standard InChI is InChI=1S/C18H16FN5OS/c1-12(25)14-3-2-4-16(9-14)21-18(26)22-17-20-11-24(23-17)10-13-5-7-15(19)8-6-13/h2-9,11H,10H2,1H3,(H2,21,22,23,26). The van der Waals surface area contributed by atoms with E-state index in [1.54, 1.807) is 47.4 Å². The number of anilines is 2. The second kappa shape index (κ2) is 7.83. The molecular weight excluding hydrogens is 353 g/mol. The number of aromatic nitrogens is 3. The number of carbonyl (C=O) groups excluding carboxylic acids is 1. The van der Waals surface area contributed by atoms with Gasteiger partial charge in [0.05, 0.1) is 6.54 Å². The van der Waals surface area contributed by atoms with Crippen LogP contribution in [0.2, 0.25) is 0 Å². The van der Waals surface area contributed by atoms with E-state index >= 15 is 0 Å². The first-order chi connectivity index (χ1) is 12.5. The van der Waals surface area contributed by atoms with Gasteiger partial charge in [-0.15, -0.1) is 5.10 Å². The molecule has 0 saturated heterocycles. The Kier molecular flexibility index (Phi) is 5.33. The van der Waals surface area contributed by atoms with Gasteiger partial charge in [-0.25, -0.2) is 14.1 Å². The van der Waals surface area contributed by atoms with Crippen molar-refractivity contribution in [3.63, 3.8) is 0 Å². The van der Waals surface area contributed by atoms with Gasteiger partial charge in [-0.3, -0.25) is 10.1 Å². The Balaban J connectivity index is 1.60. The van der Waals surface area contributed by atoms with Crippen LogP contribution in [0, 0.1) is 5.82 Å². The quantitative estimate of drug-likeness (QED) is 0.530. The first kappa shape index (κ1) is 17.7. The normalized spacial score (nSPS) is 10.4. The molecule has 3 aromatic rings. The summed E-state index contributed by atoms with van der Waals surface area (Å²) in [6.07, 6.45) is 1.56. The lowest BCUT2D eigenvalue weighted by molar-refractivity contribution is 0.101. The minimum Gasteiger partial charge on any atom is -0.332 e. The topological polar surface area (TPSA) is 71.8 Å². The highest BCUT2D eigenvalue weighted by Gasteiger charge is 2.06. The van der Waals surface area contributed by atoms with Crippen molar-refractivity contribution in [1.82, 2.24) is 14.8 Å². The van der Waals surface area contributed by atoms with Crippen LogP contribution in [0.15, 0.2) is 54.9 Å². The number of hydrogen-bond donors (Lipinski definition) is 2. The average molecular weight is 369 g/mol. The molecular formula is C18H16FN5OS. The minimum absolute atomic E-state index is 0.0197. The van der Waals surface area contributed by atoms with Crippen molar-refractivity contribution in [3.05, 3.63) is 71.8 Å². The summed E-state index contributed by atoms with van der Waals surface area (Å²) >= 11 is 5.24. The zero-order valence-corrected chi connectivity index (χ0v) is 14.8. The molecule has 0 spiro atoms. The molecule has 0 aliphatic carbocycles. The number of nitrogens with one attached hydrogen (secondary N) is 2. The molecule has 0 aliphatic rings. The smallest absolute Gasteiger partial charge is 0.248 e. The van der Waals surface area contributed by atoms with Crippen LogP contribution in [-0.4, -0.2) is 25.7 Å². The Hall–Kier alpha value is -3.13. The fraction of sp³-hybridized carbons (Fsp3) is 0.111. The zero-order valence-electron chi connectivity index (χ0n) is 13.9. The van der Waals surface area contributed by atoms with E-state index in [-0.39, 0.29) is 11.6 Å². The van der Waals surface area contributed by atoms with Crippen LogP contribution < -0.4 is 10.6 Å². The van der Waals surface area contributed by atoms with Crippen LogP contribution in [0.5, 0.6) is 0 Å². The van der Waals surface area contributed by atoms with E-state index in [9.17, 15) is 9.18 Å². The van der Waals surface area contributed by atoms with Gasteiger partial charge in [-0.2, -0.15) is 0 Å². The van der Waals surface area contributed by atoms with Gasteiger partial charge in [-0.1, -0.05) is 24.3 Å². The molecule has 26 heavy (non-hydrogen) atoms. The Bertz CT molecular complexity index is 939. The number of rotatable bonds is 5. The molecule has 0 unspecified atom stereocenters. The van der Waals surface area contributed by atoms with Crippen molar-refractivity contribution >= 4 is 34.7 Å². The van der Waals surface area contributed by atoms with Crippen LogP contribution in [0.25, 0.3) is 0 Å². The molecule has 0 fully saturated rings. The van der Waals surface area contributed by atoms with Gasteiger partial charge in [0.2, 0.25) is 5.95 Å². The number of nitrogens with zero attached hydrogens (tertiary/aromatic N) is 3. The van der Waals surface area contributed by atoms with E-state index in [0.29, 0.717) is 28.9 Å². The summed E-state index contributed by atoms with van der Waals surface area (Å²) in [5.74, 6) is 0.0426. The van der Waals surface area contributed by atoms with Crippen LogP contribution in [0.1, 0.15) is 22.8 Å². The summed E-state index contributed by atoms with van der Waals surface area (Å²) in [5, 5.41) is 10.5. The fourth-order valence-electron chi connectivity index (χ4n) is 2.28. The van der Waals surface area contributed by atoms with Gasteiger partial charge in [0, 0.05) is 11.3 Å². The van der Waals surface area contributed by atoms with E-state index in [0.717, 1.165) is 5.56 Å². The predicted octanol–water partition coefficient (Wildman–Crippen LogP) is 3.48. The first-order valence-electron chi connectivity index (χ1n) is 7.82. The summed E-state index contributed by atoms with van der Waals surface area (Å²) in [4.78, 5) is 15.6. The van der Waals surface area contributed by atoms with E-state index in [4.69, 9.17) is 12.2 Å². The molecule has 0 radical (unpaired) electrons. The number of benzene rings is 2. The molecule has 3 rings (SSSR count). The summed E-state index contributed by atoms with van der Waals surface area (Å²) in [5.41, 5.74) is 2.20. The Morgan fingerprint density at radius 3 is 2.69 bits per heavy atom. The van der Waals surface area contributed by atoms with Crippen LogP contribution in [-0.2, 0) is 6.54 Å². The third-order valence-corrected chi connectivity index (χ3v) is 3.75. The van der Waals surface area contributed by atoms with Gasteiger partial charge in [0.1, 0.15) is 12.1 Å². The molecule has 0 aliphatic heterocycles. The number of hydrogen-bond acceptors (Lipinski definition) is 4. The highest BCUT2D eigenvalue weighted by atomic mass is 32.1. The fourth-order valence-corrected chi connectivity index (χ4v) is 2.49. The zero-order chi connectivity index (χ0) is 18.5. The molecule has 0 bridgehead atoms. The maximum atomic E-state index is 12.9. The molecule has 132 valence electrons. The second-order valence-electron chi connectivity index (χ2n) is 5.61. The van der Waals surface area contributed by atoms with Crippen LogP contribution in [0.4, 0.5) is 16.0 Å². The molecule has 0 saturated carbocycles. The van der Waals surface area contributed by atoms with Gasteiger partial charge in [0.15, 0.2) is 10.9 Å². The van der Waals surface area contributed by atoms with Crippen molar-refractivity contribution < 1.29 is 9.18 Å². The average Bonchev–Trinajstić information content (AvgIpc) is 3.04. The predicted molar refractivity (Wildman–Crippen MR) is 102 cm³/mol. The number of carbonyl (C=O) groups is 1. The molecule has 2 aromatic carbocycles. The molecule has 2 N–H and O–H groups in total. The van der Waals surface area contributed by atoms with E-state index < -0.39 is 0 Å². The largest absolute Gasteiger partial charge is 0.332 e. The maximum Gasteiger partial charge on any atom is 0.248 e. The van der Waals surface area contributed by atoms with Gasteiger partial charge < -0.3 is 5.32 Å². The number of ketones is 1. The molecule has 8 heteroatoms. The van der Waals surface area contributed by atoms with Crippen molar-refractivity contribution in [1.29, 1.82) is 0 Å². The molecule has 6 nitrogen and oxygen atoms in total. The van der Waals surface area contributed by atoms with Crippen molar-refractivity contribution in [3.8, 4) is 0 Å². The third-order valence-electron chi connectivity index (χ3n) is 3.55. The number of thiocarbonyl (C=S) groups is 1. The maximum absolute atomic E-state index is 12.9. The van der Waals surface area contributed by atoms with E-state index in [1.807, 2.05) is 0 Å². The number of halogens is 1. The summed E-state index contributed by atoms with van der Waals surface area (Å²) < 4.78 is 14.6. The van der Waals surface area contributed by atoms with Crippen molar-refractivity contribution in [2.75, 3.05) is 10.6 Å². The lowest BCUT2D eigenvalue weighted by atomic mass is 10.1. The van der Waals surface area contributed by atoms with Crippen molar-refractivity contribution in [2.24, 2.45) is 0 Å². The summed E-state index contributed by atoms with van der Waals surface area (Å²) in [6, 6.07) is 13.2. The van der Waals surface area contributed by atoms with E-state index in [2.05, 4.69) is 20.7 Å². The third kappa shape index (κ3) is 4.70. The highest BCUT2D eigenvalue weighted by Crippen LogP contribution is 2.12. The van der Waals surface area contributed by atoms with Gasteiger partial charge in [-0.05, 0) is 49.0 Å². The molecule has 1 aromatic heterocycles. The summed E-state index contributed by atoms with van der Waals surface area (Å²) in [6.45, 7) is 1.98. The van der Waals surface area contributed by atoms with Crippen molar-refractivity contribution in [2.45, 2.75) is 13.5 Å². The van der Waals surface area contributed by atoms with Gasteiger partial charge >= 0.3 is 0 Å². The SMILES string of the molecule is CC(=O)c1cccc(NC(=S)Nc2ncn(Cc3ccc(F)cc3)n2)c1. The summed E-state index contributed by atoms with van der Waals surface area (Å²) in [7, 11) is 0. The first-order valence-corrected chi connectivity index (χ1v) is 8.23. The Labute approximate surface area is 155 Å². The van der Waals surface area contributed by atoms with Crippen LogP contribution >= 0.6 is 12.2 Å². The lowest BCUT2D eigenvalue weighted by Crippen LogP contribution is -2.20. The Morgan fingerprint density at radius 1 is 1.19 bits per heavy atom. The second-order valence-corrected chi connectivity index (χ2v) is 6.02. The highest BCUT2D eigenvalue weighted by molar-refractivity contribution is 7.80. The minimum atomic E-state index is -0.278. The van der Waals surface area contributed by atoms with Crippen LogP contribution in [0.3, 0.4) is 0 Å². The molecule has 0 atom stereocenters. The lowest BCUT2D eigenvalue weighted by Gasteiger charge is -2.08. The number of Topliss-reactive ketones (excluding diaryl/α,β-unsaturated/α-hetero) is 1. The Morgan fingerprint density at radius 2 is 1.96 bits per heavy atom. The monoisotopic (exact) mass is 369 g/mol. The molecule has 0 amide bonds.